The summed E-state index contributed by atoms with van der Waals surface area (Å²) in [6.07, 6.45) is 4.99. The van der Waals surface area contributed by atoms with E-state index in [-0.39, 0.29) is 0 Å². The Morgan fingerprint density at radius 2 is 2.26 bits per heavy atom. The van der Waals surface area contributed by atoms with Crippen molar-refractivity contribution in [3.05, 3.63) is 17.5 Å². The first-order valence-electron chi connectivity index (χ1n) is 7.65. The lowest BCUT2D eigenvalue weighted by molar-refractivity contribution is 0.168. The molecule has 1 aromatic rings. The molecular weight excluding hydrogens is 238 g/mol. The molecule has 2 atom stereocenters. The molecular formula is C15H27N3O. The summed E-state index contributed by atoms with van der Waals surface area (Å²) < 4.78 is 5.47. The molecule has 19 heavy (non-hydrogen) atoms. The maximum atomic E-state index is 5.47. The average molecular weight is 265 g/mol. The summed E-state index contributed by atoms with van der Waals surface area (Å²) in [6.45, 7) is 9.50. The molecule has 1 N–H and O–H groups in total. The molecule has 1 aliphatic heterocycles. The van der Waals surface area contributed by atoms with E-state index in [2.05, 4.69) is 42.2 Å². The van der Waals surface area contributed by atoms with E-state index in [0.717, 1.165) is 37.5 Å². The second-order valence-electron chi connectivity index (χ2n) is 5.62. The van der Waals surface area contributed by atoms with E-state index in [1.165, 1.54) is 19.3 Å². The third-order valence-corrected chi connectivity index (χ3v) is 4.10. The molecule has 4 nitrogen and oxygen atoms in total. The zero-order valence-corrected chi connectivity index (χ0v) is 12.5. The van der Waals surface area contributed by atoms with Crippen molar-refractivity contribution in [3.63, 3.8) is 0 Å². The quantitative estimate of drug-likeness (QED) is 0.770. The van der Waals surface area contributed by atoms with Gasteiger partial charge in [0.2, 0.25) is 0 Å². The van der Waals surface area contributed by atoms with E-state index >= 15 is 0 Å². The minimum absolute atomic E-state index is 0.664. The zero-order valence-electron chi connectivity index (χ0n) is 12.5. The number of rotatable bonds is 7. The summed E-state index contributed by atoms with van der Waals surface area (Å²) in [5.41, 5.74) is 1.02. The molecule has 108 valence electrons. The summed E-state index contributed by atoms with van der Waals surface area (Å²) in [6, 6.07) is 3.47. The molecule has 2 rings (SSSR count). The topological polar surface area (TPSA) is 41.3 Å². The van der Waals surface area contributed by atoms with Gasteiger partial charge in [-0.15, -0.1) is 0 Å². The predicted molar refractivity (Wildman–Crippen MR) is 76.8 cm³/mol. The molecule has 2 heterocycles. The molecule has 2 unspecified atom stereocenters. The highest BCUT2D eigenvalue weighted by molar-refractivity contribution is 5.06. The summed E-state index contributed by atoms with van der Waals surface area (Å²) in [5, 5.41) is 7.49. The highest BCUT2D eigenvalue weighted by Crippen LogP contribution is 2.27. The predicted octanol–water partition coefficient (Wildman–Crippen LogP) is 2.94. The Bertz CT molecular complexity index is 377. The van der Waals surface area contributed by atoms with E-state index in [4.69, 9.17) is 4.52 Å². The van der Waals surface area contributed by atoms with Gasteiger partial charge in [0.05, 0.1) is 12.2 Å². The number of likely N-dealkylation sites (tertiary alicyclic amines) is 1. The summed E-state index contributed by atoms with van der Waals surface area (Å²) in [4.78, 5) is 2.56. The summed E-state index contributed by atoms with van der Waals surface area (Å²) >= 11 is 0. The smallest absolute Gasteiger partial charge is 0.151 e. The molecule has 0 radical (unpaired) electrons. The minimum atomic E-state index is 0.664. The van der Waals surface area contributed by atoms with Crippen molar-refractivity contribution in [1.29, 1.82) is 0 Å². The Labute approximate surface area is 116 Å². The summed E-state index contributed by atoms with van der Waals surface area (Å²) in [5.74, 6) is 1.00. The van der Waals surface area contributed by atoms with Crippen LogP contribution in [0.5, 0.6) is 0 Å². The molecule has 0 spiro atoms. The van der Waals surface area contributed by atoms with Crippen LogP contribution in [0, 0.1) is 0 Å². The van der Waals surface area contributed by atoms with Crippen LogP contribution in [0.25, 0.3) is 0 Å². The van der Waals surface area contributed by atoms with Gasteiger partial charge in [-0.25, -0.2) is 0 Å². The Balaban J connectivity index is 1.88. The number of aromatic nitrogens is 1. The van der Waals surface area contributed by atoms with Crippen molar-refractivity contribution in [1.82, 2.24) is 15.4 Å². The largest absolute Gasteiger partial charge is 0.360 e. The van der Waals surface area contributed by atoms with Crippen LogP contribution in [-0.2, 0) is 13.1 Å². The third kappa shape index (κ3) is 3.80. The number of nitrogens with zero attached hydrogens (tertiary/aromatic N) is 2. The van der Waals surface area contributed by atoms with Gasteiger partial charge in [0.15, 0.2) is 5.76 Å². The molecule has 0 saturated carbocycles. The Kier molecular flexibility index (Phi) is 5.40. The monoisotopic (exact) mass is 265 g/mol. The number of hydrogen-bond donors (Lipinski definition) is 1. The van der Waals surface area contributed by atoms with Crippen LogP contribution < -0.4 is 5.32 Å². The van der Waals surface area contributed by atoms with E-state index in [1.807, 2.05) is 0 Å². The number of nitrogens with one attached hydrogen (secondary N) is 1. The molecule has 1 fully saturated rings. The number of hydrogen-bond acceptors (Lipinski definition) is 4. The van der Waals surface area contributed by atoms with Crippen LogP contribution in [0.1, 0.15) is 57.9 Å². The first-order valence-corrected chi connectivity index (χ1v) is 7.65. The Morgan fingerprint density at radius 1 is 1.42 bits per heavy atom. The van der Waals surface area contributed by atoms with Crippen LogP contribution in [-0.4, -0.2) is 28.7 Å². The third-order valence-electron chi connectivity index (χ3n) is 4.10. The van der Waals surface area contributed by atoms with Gasteiger partial charge >= 0.3 is 0 Å². The SMILES string of the molecule is CCCNCc1cc(CN2C(C)CCC2CC)on1. The molecule has 0 amide bonds. The zero-order chi connectivity index (χ0) is 13.7. The van der Waals surface area contributed by atoms with Gasteiger partial charge in [-0.1, -0.05) is 19.0 Å². The van der Waals surface area contributed by atoms with Gasteiger partial charge in [-0.3, -0.25) is 4.90 Å². The van der Waals surface area contributed by atoms with Crippen molar-refractivity contribution in [3.8, 4) is 0 Å². The van der Waals surface area contributed by atoms with E-state index in [1.54, 1.807) is 0 Å². The fraction of sp³-hybridized carbons (Fsp3) is 0.800. The highest BCUT2D eigenvalue weighted by atomic mass is 16.5. The molecule has 0 bridgehead atoms. The van der Waals surface area contributed by atoms with Crippen LogP contribution in [0.4, 0.5) is 0 Å². The molecule has 1 saturated heterocycles. The van der Waals surface area contributed by atoms with Gasteiger partial charge in [0.1, 0.15) is 0 Å². The van der Waals surface area contributed by atoms with Gasteiger partial charge < -0.3 is 9.84 Å². The van der Waals surface area contributed by atoms with Crippen molar-refractivity contribution in [2.75, 3.05) is 6.54 Å². The minimum Gasteiger partial charge on any atom is -0.360 e. The normalized spacial score (nSPS) is 24.2. The molecule has 1 aromatic heterocycles. The van der Waals surface area contributed by atoms with Crippen molar-refractivity contribution >= 4 is 0 Å². The lowest BCUT2D eigenvalue weighted by atomic mass is 10.1. The van der Waals surface area contributed by atoms with Crippen molar-refractivity contribution in [2.24, 2.45) is 0 Å². The molecule has 4 heteroatoms. The van der Waals surface area contributed by atoms with Crippen LogP contribution in [0.2, 0.25) is 0 Å². The van der Waals surface area contributed by atoms with E-state index in [0.29, 0.717) is 12.1 Å². The second kappa shape index (κ2) is 7.06. The van der Waals surface area contributed by atoms with Crippen LogP contribution >= 0.6 is 0 Å². The van der Waals surface area contributed by atoms with Crippen LogP contribution in [0.15, 0.2) is 10.6 Å². The van der Waals surface area contributed by atoms with E-state index < -0.39 is 0 Å². The fourth-order valence-electron chi connectivity index (χ4n) is 2.94. The fourth-order valence-corrected chi connectivity index (χ4v) is 2.94. The van der Waals surface area contributed by atoms with Crippen molar-refractivity contribution < 1.29 is 4.52 Å². The van der Waals surface area contributed by atoms with E-state index in [9.17, 15) is 0 Å². The first-order chi connectivity index (χ1) is 9.24. The van der Waals surface area contributed by atoms with Gasteiger partial charge in [0, 0.05) is 24.7 Å². The van der Waals surface area contributed by atoms with Gasteiger partial charge in [0.25, 0.3) is 0 Å². The second-order valence-corrected chi connectivity index (χ2v) is 5.62. The highest BCUT2D eigenvalue weighted by Gasteiger charge is 2.29. The lowest BCUT2D eigenvalue weighted by Crippen LogP contribution is -2.33. The first kappa shape index (κ1) is 14.5. The summed E-state index contributed by atoms with van der Waals surface area (Å²) in [7, 11) is 0. The van der Waals surface area contributed by atoms with Gasteiger partial charge in [-0.2, -0.15) is 0 Å². The van der Waals surface area contributed by atoms with Gasteiger partial charge in [-0.05, 0) is 39.2 Å². The van der Waals surface area contributed by atoms with Crippen molar-refractivity contribution in [2.45, 2.75) is 71.6 Å². The average Bonchev–Trinajstić information content (AvgIpc) is 2.99. The standard InChI is InChI=1S/C15H27N3O/c1-4-8-16-10-13-9-15(19-17-13)11-18-12(3)6-7-14(18)5-2/h9,12,14,16H,4-8,10-11H2,1-3H3. The molecule has 0 aromatic carbocycles. The Morgan fingerprint density at radius 3 is 3.00 bits per heavy atom. The molecule has 0 aliphatic carbocycles. The maximum absolute atomic E-state index is 5.47. The van der Waals surface area contributed by atoms with Crippen LogP contribution in [0.3, 0.4) is 0 Å². The maximum Gasteiger partial charge on any atom is 0.151 e. The molecule has 1 aliphatic rings. The Hall–Kier alpha value is -0.870. The lowest BCUT2D eigenvalue weighted by Gasteiger charge is -2.26.